The van der Waals surface area contributed by atoms with Crippen molar-refractivity contribution in [2.24, 2.45) is 5.92 Å². The summed E-state index contributed by atoms with van der Waals surface area (Å²) in [5.74, 6) is -0.290. The number of halogens is 1. The van der Waals surface area contributed by atoms with Crippen molar-refractivity contribution in [2.45, 2.75) is 52.3 Å². The third-order valence-electron chi connectivity index (χ3n) is 3.35. The summed E-state index contributed by atoms with van der Waals surface area (Å²) in [7, 11) is 0. The first-order chi connectivity index (χ1) is 10.8. The Morgan fingerprint density at radius 3 is 2.48 bits per heavy atom. The number of amides is 1. The number of carbonyl (C=O) groups excluding carboxylic acids is 1. The van der Waals surface area contributed by atoms with Gasteiger partial charge in [0, 0.05) is 32.3 Å². The fourth-order valence-electron chi connectivity index (χ4n) is 1.68. The van der Waals surface area contributed by atoms with Crippen LogP contribution in [0.1, 0.15) is 40.5 Å². The largest absolute Gasteiger partial charge is 0.381 e. The van der Waals surface area contributed by atoms with E-state index in [9.17, 15) is 9.18 Å². The van der Waals surface area contributed by atoms with E-state index in [4.69, 9.17) is 9.47 Å². The van der Waals surface area contributed by atoms with Crippen LogP contribution in [0.25, 0.3) is 0 Å². The van der Waals surface area contributed by atoms with Crippen molar-refractivity contribution in [3.63, 3.8) is 0 Å². The molecule has 138 valence electrons. The third-order valence-corrected chi connectivity index (χ3v) is 3.85. The van der Waals surface area contributed by atoms with Gasteiger partial charge in [0.2, 0.25) is 5.91 Å². The Hall–Kier alpha value is -0.370. The molecule has 1 atom stereocenters. The maximum absolute atomic E-state index is 14.2. The SMILES string of the molecule is CSNCCCOCCCOC(C)(C)C(F)CNC(=O)C(C)C. The number of alkyl halides is 1. The van der Waals surface area contributed by atoms with Crippen LogP contribution in [0.4, 0.5) is 4.39 Å². The van der Waals surface area contributed by atoms with Crippen LogP contribution in [0, 0.1) is 5.92 Å². The summed E-state index contributed by atoms with van der Waals surface area (Å²) in [4.78, 5) is 11.5. The van der Waals surface area contributed by atoms with E-state index in [2.05, 4.69) is 10.0 Å². The van der Waals surface area contributed by atoms with Gasteiger partial charge in [0.15, 0.2) is 0 Å². The lowest BCUT2D eigenvalue weighted by molar-refractivity contribution is -0.125. The van der Waals surface area contributed by atoms with Crippen LogP contribution in [-0.4, -0.2) is 56.8 Å². The van der Waals surface area contributed by atoms with Crippen LogP contribution in [0.15, 0.2) is 0 Å². The van der Waals surface area contributed by atoms with E-state index < -0.39 is 11.8 Å². The predicted octanol–water partition coefficient (Wildman–Crippen LogP) is 2.56. The van der Waals surface area contributed by atoms with Gasteiger partial charge in [0.1, 0.15) is 6.17 Å². The Labute approximate surface area is 144 Å². The normalized spacial score (nSPS) is 13.3. The molecule has 0 aromatic rings. The van der Waals surface area contributed by atoms with E-state index in [0.29, 0.717) is 19.8 Å². The number of hydrogen-bond acceptors (Lipinski definition) is 5. The minimum atomic E-state index is -1.25. The fraction of sp³-hybridized carbons (Fsp3) is 0.938. The molecule has 7 heteroatoms. The van der Waals surface area contributed by atoms with E-state index >= 15 is 0 Å². The molecule has 0 heterocycles. The molecule has 1 unspecified atom stereocenters. The minimum absolute atomic E-state index is 0.0248. The van der Waals surface area contributed by atoms with E-state index in [1.807, 2.05) is 6.26 Å². The first-order valence-corrected chi connectivity index (χ1v) is 9.43. The second-order valence-corrected chi connectivity index (χ2v) is 6.93. The van der Waals surface area contributed by atoms with Gasteiger partial charge in [-0.25, -0.2) is 4.39 Å². The molecule has 0 bridgehead atoms. The number of rotatable bonds is 14. The molecule has 0 aliphatic rings. The smallest absolute Gasteiger partial charge is 0.222 e. The van der Waals surface area contributed by atoms with Gasteiger partial charge in [-0.2, -0.15) is 0 Å². The summed E-state index contributed by atoms with van der Waals surface area (Å²) >= 11 is 1.60. The second-order valence-electron chi connectivity index (χ2n) is 6.24. The van der Waals surface area contributed by atoms with E-state index in [-0.39, 0.29) is 18.4 Å². The lowest BCUT2D eigenvalue weighted by atomic mass is 10.0. The maximum atomic E-state index is 14.2. The Morgan fingerprint density at radius 1 is 1.22 bits per heavy atom. The van der Waals surface area contributed by atoms with Crippen LogP contribution in [0.3, 0.4) is 0 Å². The molecule has 0 aromatic heterocycles. The Balaban J connectivity index is 3.71. The van der Waals surface area contributed by atoms with E-state index in [1.54, 1.807) is 39.6 Å². The minimum Gasteiger partial charge on any atom is -0.381 e. The van der Waals surface area contributed by atoms with Crippen molar-refractivity contribution in [3.8, 4) is 0 Å². The molecule has 2 N–H and O–H groups in total. The van der Waals surface area contributed by atoms with E-state index in [0.717, 1.165) is 19.4 Å². The monoisotopic (exact) mass is 352 g/mol. The molecular formula is C16H33FN2O3S. The average molecular weight is 353 g/mol. The van der Waals surface area contributed by atoms with Crippen LogP contribution in [0.2, 0.25) is 0 Å². The van der Waals surface area contributed by atoms with Crippen molar-refractivity contribution < 1.29 is 18.7 Å². The van der Waals surface area contributed by atoms with Crippen LogP contribution < -0.4 is 10.0 Å². The highest BCUT2D eigenvalue weighted by Gasteiger charge is 2.30. The average Bonchev–Trinajstić information content (AvgIpc) is 2.50. The molecule has 0 fully saturated rings. The molecule has 23 heavy (non-hydrogen) atoms. The molecule has 0 radical (unpaired) electrons. The molecule has 5 nitrogen and oxygen atoms in total. The molecule has 0 aromatic carbocycles. The Kier molecular flexibility index (Phi) is 12.8. The summed E-state index contributed by atoms with van der Waals surface area (Å²) < 4.78 is 28.4. The van der Waals surface area contributed by atoms with Crippen molar-refractivity contribution in [1.82, 2.24) is 10.0 Å². The van der Waals surface area contributed by atoms with Crippen LogP contribution in [0.5, 0.6) is 0 Å². The topological polar surface area (TPSA) is 59.6 Å². The summed E-state index contributed by atoms with van der Waals surface area (Å²) in [5.41, 5.74) is -0.924. The molecule has 0 rings (SSSR count). The molecule has 0 saturated carbocycles. The zero-order valence-electron chi connectivity index (χ0n) is 15.1. The van der Waals surface area contributed by atoms with Crippen molar-refractivity contribution in [3.05, 3.63) is 0 Å². The van der Waals surface area contributed by atoms with Crippen molar-refractivity contribution in [2.75, 3.05) is 39.2 Å². The first-order valence-electron chi connectivity index (χ1n) is 8.20. The molecular weight excluding hydrogens is 319 g/mol. The van der Waals surface area contributed by atoms with Crippen molar-refractivity contribution in [1.29, 1.82) is 0 Å². The number of nitrogens with one attached hydrogen (secondary N) is 2. The van der Waals surface area contributed by atoms with Gasteiger partial charge in [-0.05, 0) is 32.9 Å². The summed E-state index contributed by atoms with van der Waals surface area (Å²) in [6, 6.07) is 0. The Morgan fingerprint density at radius 2 is 1.87 bits per heavy atom. The maximum Gasteiger partial charge on any atom is 0.222 e. The highest BCUT2D eigenvalue weighted by Crippen LogP contribution is 2.18. The molecule has 0 aliphatic heterocycles. The van der Waals surface area contributed by atoms with Crippen molar-refractivity contribution >= 4 is 17.9 Å². The summed E-state index contributed by atoms with van der Waals surface area (Å²) in [6.45, 7) is 9.62. The third kappa shape index (κ3) is 11.8. The van der Waals surface area contributed by atoms with Gasteiger partial charge in [-0.1, -0.05) is 25.8 Å². The highest BCUT2D eigenvalue weighted by atomic mass is 32.2. The van der Waals surface area contributed by atoms with Gasteiger partial charge in [0.05, 0.1) is 12.1 Å². The lowest BCUT2D eigenvalue weighted by Gasteiger charge is -2.29. The lowest BCUT2D eigenvalue weighted by Crippen LogP contribution is -2.45. The Bertz CT molecular complexity index is 318. The number of carbonyl (C=O) groups is 1. The molecule has 0 saturated heterocycles. The quantitative estimate of drug-likeness (QED) is 0.372. The van der Waals surface area contributed by atoms with Crippen LogP contribution >= 0.6 is 11.9 Å². The highest BCUT2D eigenvalue weighted by molar-refractivity contribution is 7.96. The zero-order chi connectivity index (χ0) is 17.7. The summed E-state index contributed by atoms with van der Waals surface area (Å²) in [6.07, 6.45) is 2.44. The predicted molar refractivity (Wildman–Crippen MR) is 94.3 cm³/mol. The van der Waals surface area contributed by atoms with Gasteiger partial charge in [-0.15, -0.1) is 0 Å². The molecule has 0 aliphatic carbocycles. The number of ether oxygens (including phenoxy) is 2. The van der Waals surface area contributed by atoms with Gasteiger partial charge in [0.25, 0.3) is 0 Å². The van der Waals surface area contributed by atoms with Gasteiger partial charge < -0.3 is 14.8 Å². The molecule has 1 amide bonds. The molecule has 0 spiro atoms. The van der Waals surface area contributed by atoms with Gasteiger partial charge >= 0.3 is 0 Å². The zero-order valence-corrected chi connectivity index (χ0v) is 15.9. The fourth-order valence-corrected chi connectivity index (χ4v) is 2.03. The standard InChI is InChI=1S/C16H33FN2O3S/c1-13(2)15(20)18-12-14(17)16(3,4)22-11-7-10-21-9-6-8-19-23-5/h13-14,19H,6-12H2,1-5H3,(H,18,20). The number of hydrogen-bond donors (Lipinski definition) is 2. The second kappa shape index (κ2) is 13.0. The van der Waals surface area contributed by atoms with Gasteiger partial charge in [-0.3, -0.25) is 9.52 Å². The summed E-state index contributed by atoms with van der Waals surface area (Å²) in [5, 5.41) is 2.60. The first kappa shape index (κ1) is 22.6. The van der Waals surface area contributed by atoms with Crippen LogP contribution in [-0.2, 0) is 14.3 Å². The van der Waals surface area contributed by atoms with E-state index in [1.165, 1.54) is 0 Å².